The van der Waals surface area contributed by atoms with Crippen molar-refractivity contribution < 1.29 is 4.74 Å². The molecule has 0 N–H and O–H groups in total. The number of halogens is 1. The minimum atomic E-state index is -0.453. The molecule has 0 aliphatic carbocycles. The molecule has 0 spiro atoms. The van der Waals surface area contributed by atoms with E-state index in [2.05, 4.69) is 84.6 Å². The van der Waals surface area contributed by atoms with E-state index in [0.29, 0.717) is 10.8 Å². The summed E-state index contributed by atoms with van der Waals surface area (Å²) < 4.78 is 6.17. The SMILES string of the molecule is [CH2]CC(c1ccccc1)(c1ccccc1)c1nc(-c2ccc(CN3CCOCC3)cc2)c(Cl)s1. The summed E-state index contributed by atoms with van der Waals surface area (Å²) in [7, 11) is 0. The van der Waals surface area contributed by atoms with Crippen molar-refractivity contribution >= 4 is 22.9 Å². The molecule has 0 saturated carbocycles. The zero-order valence-electron chi connectivity index (χ0n) is 19.1. The summed E-state index contributed by atoms with van der Waals surface area (Å²) in [4.78, 5) is 7.57. The second kappa shape index (κ2) is 10.4. The normalized spacial score (nSPS) is 14.9. The van der Waals surface area contributed by atoms with Gasteiger partial charge in [-0.2, -0.15) is 0 Å². The quantitative estimate of drug-likeness (QED) is 0.285. The van der Waals surface area contributed by atoms with Crippen molar-refractivity contribution in [1.29, 1.82) is 0 Å². The van der Waals surface area contributed by atoms with Crippen LogP contribution in [0.15, 0.2) is 84.9 Å². The first kappa shape index (κ1) is 23.3. The first-order valence-electron chi connectivity index (χ1n) is 11.7. The number of nitrogens with zero attached hydrogens (tertiary/aromatic N) is 2. The first-order chi connectivity index (χ1) is 16.7. The standard InChI is InChI=1S/C29H28ClN2OS/c1-2-29(24-9-5-3-6-10-24,25-11-7-4-8-12-25)28-31-26(27(30)34-28)23-15-13-22(14-16-23)21-32-17-19-33-20-18-32/h3-16H,1-2,17-21H2. The van der Waals surface area contributed by atoms with Gasteiger partial charge in [-0.1, -0.05) is 103 Å². The minimum absolute atomic E-state index is 0.453. The van der Waals surface area contributed by atoms with E-state index in [0.717, 1.165) is 49.1 Å². The summed E-state index contributed by atoms with van der Waals surface area (Å²) in [5.74, 6) is 0. The molecule has 5 rings (SSSR count). The number of aromatic nitrogens is 1. The fourth-order valence-corrected chi connectivity index (χ4v) is 6.15. The molecule has 0 bridgehead atoms. The molecule has 1 aliphatic heterocycles. The van der Waals surface area contributed by atoms with E-state index in [1.807, 2.05) is 12.1 Å². The fourth-order valence-electron chi connectivity index (χ4n) is 4.70. The zero-order chi connectivity index (χ0) is 23.4. The van der Waals surface area contributed by atoms with Crippen LogP contribution >= 0.6 is 22.9 Å². The highest BCUT2D eigenvalue weighted by atomic mass is 35.5. The zero-order valence-corrected chi connectivity index (χ0v) is 20.7. The Hall–Kier alpha value is -2.50. The topological polar surface area (TPSA) is 25.4 Å². The number of hydrogen-bond acceptors (Lipinski definition) is 4. The molecule has 34 heavy (non-hydrogen) atoms. The van der Waals surface area contributed by atoms with Crippen LogP contribution in [0.5, 0.6) is 0 Å². The van der Waals surface area contributed by atoms with Crippen LogP contribution < -0.4 is 0 Å². The number of ether oxygens (including phenoxy) is 1. The van der Waals surface area contributed by atoms with Crippen LogP contribution in [-0.2, 0) is 16.7 Å². The second-order valence-corrected chi connectivity index (χ2v) is 10.2. The van der Waals surface area contributed by atoms with E-state index in [4.69, 9.17) is 21.3 Å². The van der Waals surface area contributed by atoms with Crippen molar-refractivity contribution in [1.82, 2.24) is 9.88 Å². The second-order valence-electron chi connectivity index (χ2n) is 8.61. The summed E-state index contributed by atoms with van der Waals surface area (Å²) in [6.07, 6.45) is 0.642. The summed E-state index contributed by atoms with van der Waals surface area (Å²) in [6.45, 7) is 8.90. The molecule has 173 valence electrons. The summed E-state index contributed by atoms with van der Waals surface area (Å²) in [5.41, 5.74) is 5.06. The lowest BCUT2D eigenvalue weighted by molar-refractivity contribution is 0.0342. The Labute approximate surface area is 211 Å². The van der Waals surface area contributed by atoms with Crippen LogP contribution in [0.3, 0.4) is 0 Å². The van der Waals surface area contributed by atoms with Gasteiger partial charge < -0.3 is 4.74 Å². The van der Waals surface area contributed by atoms with Gasteiger partial charge in [-0.15, -0.1) is 11.3 Å². The maximum absolute atomic E-state index is 6.83. The number of thiazole rings is 1. The lowest BCUT2D eigenvalue weighted by Crippen LogP contribution is -2.35. The van der Waals surface area contributed by atoms with E-state index in [1.165, 1.54) is 16.7 Å². The van der Waals surface area contributed by atoms with Crippen LogP contribution in [0, 0.1) is 6.92 Å². The van der Waals surface area contributed by atoms with Crippen LogP contribution in [0.4, 0.5) is 0 Å². The third-order valence-corrected chi connectivity index (χ3v) is 8.01. The van der Waals surface area contributed by atoms with Gasteiger partial charge in [-0.25, -0.2) is 4.98 Å². The molecule has 1 saturated heterocycles. The Balaban J connectivity index is 1.51. The Morgan fingerprint density at radius 2 is 1.47 bits per heavy atom. The van der Waals surface area contributed by atoms with Crippen molar-refractivity contribution in [3.8, 4) is 11.3 Å². The van der Waals surface area contributed by atoms with Crippen molar-refractivity contribution in [2.45, 2.75) is 18.4 Å². The molecule has 3 nitrogen and oxygen atoms in total. The van der Waals surface area contributed by atoms with E-state index < -0.39 is 5.41 Å². The van der Waals surface area contributed by atoms with Gasteiger partial charge in [0.2, 0.25) is 0 Å². The highest BCUT2D eigenvalue weighted by molar-refractivity contribution is 7.16. The van der Waals surface area contributed by atoms with E-state index in [1.54, 1.807) is 11.3 Å². The molecule has 1 aromatic heterocycles. The van der Waals surface area contributed by atoms with Crippen LogP contribution in [0.1, 0.15) is 28.1 Å². The molecular formula is C29H28ClN2OS. The number of hydrogen-bond donors (Lipinski definition) is 0. The third-order valence-electron chi connectivity index (χ3n) is 6.60. The fraction of sp³-hybridized carbons (Fsp3) is 0.241. The van der Waals surface area contributed by atoms with Crippen LogP contribution in [-0.4, -0.2) is 36.2 Å². The van der Waals surface area contributed by atoms with Gasteiger partial charge in [0.25, 0.3) is 0 Å². The van der Waals surface area contributed by atoms with Gasteiger partial charge in [0.05, 0.1) is 18.6 Å². The van der Waals surface area contributed by atoms with E-state index in [9.17, 15) is 0 Å². The lowest BCUT2D eigenvalue weighted by Gasteiger charge is -2.32. The average molecular weight is 488 g/mol. The average Bonchev–Trinajstić information content (AvgIpc) is 3.29. The van der Waals surface area contributed by atoms with Crippen LogP contribution in [0.25, 0.3) is 11.3 Å². The Bertz CT molecular complexity index is 1160. The molecule has 0 atom stereocenters. The molecule has 3 aromatic carbocycles. The van der Waals surface area contributed by atoms with Gasteiger partial charge >= 0.3 is 0 Å². The van der Waals surface area contributed by atoms with Crippen molar-refractivity contribution in [3.63, 3.8) is 0 Å². The van der Waals surface area contributed by atoms with Crippen molar-refractivity contribution in [2.24, 2.45) is 0 Å². The molecule has 5 heteroatoms. The Kier molecular flexibility index (Phi) is 7.12. The lowest BCUT2D eigenvalue weighted by atomic mass is 9.73. The largest absolute Gasteiger partial charge is 0.379 e. The molecule has 2 heterocycles. The smallest absolute Gasteiger partial charge is 0.121 e. The Morgan fingerprint density at radius 1 is 0.882 bits per heavy atom. The first-order valence-corrected chi connectivity index (χ1v) is 12.9. The molecule has 1 aliphatic rings. The number of benzene rings is 3. The van der Waals surface area contributed by atoms with Crippen LogP contribution in [0.2, 0.25) is 4.34 Å². The van der Waals surface area contributed by atoms with Gasteiger partial charge in [0.1, 0.15) is 15.0 Å². The number of rotatable bonds is 7. The summed E-state index contributed by atoms with van der Waals surface area (Å²) >= 11 is 8.38. The minimum Gasteiger partial charge on any atom is -0.379 e. The molecule has 0 unspecified atom stereocenters. The molecule has 1 fully saturated rings. The predicted octanol–water partition coefficient (Wildman–Crippen LogP) is 6.85. The van der Waals surface area contributed by atoms with Gasteiger partial charge in [-0.3, -0.25) is 4.90 Å². The predicted molar refractivity (Wildman–Crippen MR) is 141 cm³/mol. The molecule has 1 radical (unpaired) electrons. The summed E-state index contributed by atoms with van der Waals surface area (Å²) in [6, 6.07) is 29.7. The maximum atomic E-state index is 6.83. The van der Waals surface area contributed by atoms with Gasteiger partial charge in [-0.05, 0) is 23.1 Å². The van der Waals surface area contributed by atoms with Gasteiger partial charge in [0.15, 0.2) is 0 Å². The molecule has 0 amide bonds. The third kappa shape index (κ3) is 4.56. The number of morpholine rings is 1. The van der Waals surface area contributed by atoms with Crippen molar-refractivity contribution in [2.75, 3.05) is 26.3 Å². The summed E-state index contributed by atoms with van der Waals surface area (Å²) in [5, 5.41) is 0.970. The molecular weight excluding hydrogens is 460 g/mol. The Morgan fingerprint density at radius 3 is 2.03 bits per heavy atom. The van der Waals surface area contributed by atoms with E-state index >= 15 is 0 Å². The van der Waals surface area contributed by atoms with Gasteiger partial charge in [0, 0.05) is 25.2 Å². The van der Waals surface area contributed by atoms with Crippen molar-refractivity contribution in [3.05, 3.63) is 118 Å². The molecule has 4 aromatic rings. The maximum Gasteiger partial charge on any atom is 0.121 e. The highest BCUT2D eigenvalue weighted by Gasteiger charge is 2.38. The van der Waals surface area contributed by atoms with E-state index in [-0.39, 0.29) is 0 Å². The monoisotopic (exact) mass is 487 g/mol. The highest BCUT2D eigenvalue weighted by Crippen LogP contribution is 2.46.